The van der Waals surface area contributed by atoms with Crippen LogP contribution in [0.4, 0.5) is 5.69 Å². The Bertz CT molecular complexity index is 569. The van der Waals surface area contributed by atoms with Gasteiger partial charge in [0, 0.05) is 11.1 Å². The monoisotopic (exact) mass is 352 g/mol. The molecule has 1 amide bonds. The highest BCUT2D eigenvalue weighted by molar-refractivity contribution is 6.31. The first-order valence-corrected chi connectivity index (χ1v) is 9.06. The average molecular weight is 353 g/mol. The van der Waals surface area contributed by atoms with Gasteiger partial charge in [0.05, 0.1) is 19.3 Å². The molecule has 1 aromatic rings. The summed E-state index contributed by atoms with van der Waals surface area (Å²) in [5, 5.41) is 6.92. The molecule has 134 valence electrons. The molecule has 1 aromatic carbocycles. The van der Waals surface area contributed by atoms with Gasteiger partial charge in [-0.05, 0) is 42.4 Å². The van der Waals surface area contributed by atoms with E-state index >= 15 is 0 Å². The van der Waals surface area contributed by atoms with Gasteiger partial charge in [0.1, 0.15) is 5.75 Å². The van der Waals surface area contributed by atoms with E-state index in [4.69, 9.17) is 16.3 Å². The van der Waals surface area contributed by atoms with Gasteiger partial charge in [0.25, 0.3) is 0 Å². The molecule has 0 spiro atoms. The Morgan fingerprint density at radius 1 is 1.29 bits per heavy atom. The predicted octanol–water partition coefficient (Wildman–Crippen LogP) is 4.48. The zero-order chi connectivity index (χ0) is 17.7. The van der Waals surface area contributed by atoms with E-state index in [0.29, 0.717) is 35.0 Å². The summed E-state index contributed by atoms with van der Waals surface area (Å²) in [5.74, 6) is 1.13. The smallest absolute Gasteiger partial charge is 0.238 e. The van der Waals surface area contributed by atoms with Crippen LogP contribution in [0.5, 0.6) is 5.75 Å². The molecule has 24 heavy (non-hydrogen) atoms. The quantitative estimate of drug-likeness (QED) is 0.821. The molecule has 0 heterocycles. The first kappa shape index (κ1) is 19.1. The number of methoxy groups -OCH3 is 1. The molecule has 1 fully saturated rings. The van der Waals surface area contributed by atoms with Crippen LogP contribution in [0.1, 0.15) is 46.5 Å². The Hall–Kier alpha value is -1.26. The second-order valence-electron chi connectivity index (χ2n) is 7.64. The first-order chi connectivity index (χ1) is 11.3. The topological polar surface area (TPSA) is 50.4 Å². The van der Waals surface area contributed by atoms with Crippen LogP contribution < -0.4 is 15.4 Å². The minimum absolute atomic E-state index is 0.0752. The maximum atomic E-state index is 12.3. The fourth-order valence-electron chi connectivity index (χ4n) is 3.61. The standard InChI is InChI=1S/C19H29ClN2O2/c1-19(2,3)14-7-5-6-8-15(14)21-12-18(23)22-16-11-13(20)9-10-17(16)24-4/h9-11,14-15,21H,5-8,12H2,1-4H3,(H,22,23). The van der Waals surface area contributed by atoms with E-state index in [1.807, 2.05) is 0 Å². The third kappa shape index (κ3) is 5.12. The lowest BCUT2D eigenvalue weighted by Gasteiger charge is -2.40. The molecule has 1 aliphatic rings. The van der Waals surface area contributed by atoms with Crippen LogP contribution >= 0.6 is 11.6 Å². The third-order valence-corrected chi connectivity index (χ3v) is 5.07. The Morgan fingerprint density at radius 3 is 2.67 bits per heavy atom. The largest absolute Gasteiger partial charge is 0.495 e. The SMILES string of the molecule is COc1ccc(Cl)cc1NC(=O)CNC1CCCCC1C(C)(C)C. The zero-order valence-corrected chi connectivity index (χ0v) is 15.9. The van der Waals surface area contributed by atoms with Gasteiger partial charge in [-0.1, -0.05) is 45.2 Å². The average Bonchev–Trinajstić information content (AvgIpc) is 2.52. The van der Waals surface area contributed by atoms with Crippen LogP contribution in [-0.2, 0) is 4.79 Å². The second-order valence-corrected chi connectivity index (χ2v) is 8.07. The van der Waals surface area contributed by atoms with Crippen molar-refractivity contribution in [3.05, 3.63) is 23.2 Å². The molecule has 1 aliphatic carbocycles. The van der Waals surface area contributed by atoms with Gasteiger partial charge in [0.15, 0.2) is 0 Å². The minimum Gasteiger partial charge on any atom is -0.495 e. The van der Waals surface area contributed by atoms with Gasteiger partial charge in [-0.25, -0.2) is 0 Å². The van der Waals surface area contributed by atoms with E-state index in [2.05, 4.69) is 31.4 Å². The molecule has 0 radical (unpaired) electrons. The lowest BCUT2D eigenvalue weighted by Crippen LogP contribution is -2.46. The maximum absolute atomic E-state index is 12.3. The summed E-state index contributed by atoms with van der Waals surface area (Å²) in [7, 11) is 1.58. The third-order valence-electron chi connectivity index (χ3n) is 4.84. The molecular weight excluding hydrogens is 324 g/mol. The van der Waals surface area contributed by atoms with Crippen LogP contribution in [0.25, 0.3) is 0 Å². The number of anilines is 1. The van der Waals surface area contributed by atoms with Crippen LogP contribution in [0, 0.1) is 11.3 Å². The summed E-state index contributed by atoms with van der Waals surface area (Å²) < 4.78 is 5.26. The highest BCUT2D eigenvalue weighted by atomic mass is 35.5. The number of halogens is 1. The number of carbonyl (C=O) groups is 1. The summed E-state index contributed by atoms with van der Waals surface area (Å²) in [6, 6.07) is 5.59. The zero-order valence-electron chi connectivity index (χ0n) is 15.1. The number of hydrogen-bond donors (Lipinski definition) is 2. The molecule has 2 unspecified atom stereocenters. The van der Waals surface area contributed by atoms with Crippen LogP contribution in [0.3, 0.4) is 0 Å². The van der Waals surface area contributed by atoms with Crippen molar-refractivity contribution >= 4 is 23.2 Å². The van der Waals surface area contributed by atoms with Crippen molar-refractivity contribution in [3.63, 3.8) is 0 Å². The van der Waals surface area contributed by atoms with Gasteiger partial charge < -0.3 is 15.4 Å². The number of ether oxygens (including phenoxy) is 1. The molecule has 0 aromatic heterocycles. The second kappa shape index (κ2) is 8.21. The summed E-state index contributed by atoms with van der Waals surface area (Å²) in [6.45, 7) is 7.16. The summed E-state index contributed by atoms with van der Waals surface area (Å²) in [6.07, 6.45) is 4.88. The van der Waals surface area contributed by atoms with Crippen LogP contribution in [0.2, 0.25) is 5.02 Å². The van der Waals surface area contributed by atoms with E-state index in [1.165, 1.54) is 19.3 Å². The van der Waals surface area contributed by atoms with E-state index in [0.717, 1.165) is 6.42 Å². The van der Waals surface area contributed by atoms with E-state index in [9.17, 15) is 4.79 Å². The molecule has 5 heteroatoms. The lowest BCUT2D eigenvalue weighted by atomic mass is 9.69. The molecule has 2 N–H and O–H groups in total. The lowest BCUT2D eigenvalue weighted by molar-refractivity contribution is -0.115. The molecule has 4 nitrogen and oxygen atoms in total. The molecule has 2 rings (SSSR count). The van der Waals surface area contributed by atoms with Crippen molar-refractivity contribution in [2.45, 2.75) is 52.5 Å². The Balaban J connectivity index is 1.94. The number of carbonyl (C=O) groups excluding carboxylic acids is 1. The van der Waals surface area contributed by atoms with Crippen molar-refractivity contribution in [2.75, 3.05) is 19.0 Å². The van der Waals surface area contributed by atoms with Gasteiger partial charge >= 0.3 is 0 Å². The summed E-state index contributed by atoms with van der Waals surface area (Å²) >= 11 is 6.00. The normalized spacial score (nSPS) is 21.4. The highest BCUT2D eigenvalue weighted by Gasteiger charge is 2.33. The van der Waals surface area contributed by atoms with E-state index in [-0.39, 0.29) is 11.3 Å². The molecule has 2 atom stereocenters. The minimum atomic E-state index is -0.0752. The van der Waals surface area contributed by atoms with Crippen LogP contribution in [-0.4, -0.2) is 25.6 Å². The van der Waals surface area contributed by atoms with Crippen LogP contribution in [0.15, 0.2) is 18.2 Å². The summed E-state index contributed by atoms with van der Waals surface area (Å²) in [5.41, 5.74) is 0.859. The van der Waals surface area contributed by atoms with Crippen molar-refractivity contribution in [3.8, 4) is 5.75 Å². The Morgan fingerprint density at radius 2 is 2.00 bits per heavy atom. The van der Waals surface area contributed by atoms with E-state index < -0.39 is 0 Å². The number of nitrogens with one attached hydrogen (secondary N) is 2. The number of amides is 1. The van der Waals surface area contributed by atoms with Crippen molar-refractivity contribution in [1.82, 2.24) is 5.32 Å². The molecule has 1 saturated carbocycles. The Labute approximate surface area is 150 Å². The fourth-order valence-corrected chi connectivity index (χ4v) is 3.78. The summed E-state index contributed by atoms with van der Waals surface area (Å²) in [4.78, 5) is 12.3. The predicted molar refractivity (Wildman–Crippen MR) is 99.8 cm³/mol. The maximum Gasteiger partial charge on any atom is 0.238 e. The first-order valence-electron chi connectivity index (χ1n) is 8.68. The van der Waals surface area contributed by atoms with Gasteiger partial charge in [-0.15, -0.1) is 0 Å². The van der Waals surface area contributed by atoms with E-state index in [1.54, 1.807) is 25.3 Å². The van der Waals surface area contributed by atoms with Gasteiger partial charge in [-0.2, -0.15) is 0 Å². The molecular formula is C19H29ClN2O2. The number of benzene rings is 1. The van der Waals surface area contributed by atoms with Crippen molar-refractivity contribution in [1.29, 1.82) is 0 Å². The Kier molecular flexibility index (Phi) is 6.53. The van der Waals surface area contributed by atoms with Crippen molar-refractivity contribution in [2.24, 2.45) is 11.3 Å². The fraction of sp³-hybridized carbons (Fsp3) is 0.632. The van der Waals surface area contributed by atoms with Crippen molar-refractivity contribution < 1.29 is 9.53 Å². The number of hydrogen-bond acceptors (Lipinski definition) is 3. The molecule has 0 saturated heterocycles. The highest BCUT2D eigenvalue weighted by Crippen LogP contribution is 2.38. The molecule has 0 bridgehead atoms. The van der Waals surface area contributed by atoms with Gasteiger partial charge in [0.2, 0.25) is 5.91 Å². The number of rotatable bonds is 5. The van der Waals surface area contributed by atoms with Gasteiger partial charge in [-0.3, -0.25) is 4.79 Å². The molecule has 0 aliphatic heterocycles.